The number of H-pyrrole nitrogens is 1. The van der Waals surface area contributed by atoms with Gasteiger partial charge in [0.1, 0.15) is 0 Å². The number of nitrogens with zero attached hydrogens (tertiary/aromatic N) is 1. The number of piperazine rings is 1. The zero-order chi connectivity index (χ0) is 8.65. The first kappa shape index (κ1) is 12.4. The molecule has 0 unspecified atom stereocenters. The van der Waals surface area contributed by atoms with Crippen molar-refractivity contribution in [3.05, 3.63) is 24.5 Å². The van der Waals surface area contributed by atoms with Crippen LogP contribution in [0.1, 0.15) is 0 Å². The van der Waals surface area contributed by atoms with Crippen molar-refractivity contribution in [1.82, 2.24) is 15.4 Å². The summed E-state index contributed by atoms with van der Waals surface area (Å²) in [4.78, 5) is 2.86. The van der Waals surface area contributed by atoms with Gasteiger partial charge in [0.05, 0.1) is 0 Å². The third kappa shape index (κ3) is 6.60. The number of halogens is 1. The van der Waals surface area contributed by atoms with Gasteiger partial charge in [-0.25, -0.2) is 0 Å². The van der Waals surface area contributed by atoms with Gasteiger partial charge in [-0.3, -0.25) is 0 Å². The van der Waals surface area contributed by atoms with Crippen LogP contribution in [0.15, 0.2) is 24.5 Å². The Morgan fingerprint density at radius 3 is 1.85 bits per heavy atom. The molecule has 4 nitrogen and oxygen atoms in total. The normalized spacial score (nSPS) is 16.7. The number of nitrogens with one attached hydrogen (secondary N) is 2. The molecule has 0 saturated carbocycles. The average molecular weight is 206 g/mol. The lowest BCUT2D eigenvalue weighted by atomic mass is 10.4. The monoisotopic (exact) mass is 205 g/mol. The maximum Gasteiger partial charge on any atom is 0.0363 e. The quantitative estimate of drug-likeness (QED) is 0.585. The molecular formula is C8H16ClN3O. The van der Waals surface area contributed by atoms with Gasteiger partial charge in [-0.2, -0.15) is 5.06 Å². The van der Waals surface area contributed by atoms with E-state index in [-0.39, 0.29) is 12.4 Å². The molecule has 1 aliphatic rings. The molecular weight excluding hydrogens is 190 g/mol. The maximum atomic E-state index is 8.70. The molecule has 0 atom stereocenters. The van der Waals surface area contributed by atoms with Gasteiger partial charge in [0, 0.05) is 38.6 Å². The van der Waals surface area contributed by atoms with Gasteiger partial charge < -0.3 is 15.5 Å². The smallest absolute Gasteiger partial charge is 0.0363 e. The van der Waals surface area contributed by atoms with Crippen LogP contribution >= 0.6 is 12.4 Å². The Morgan fingerprint density at radius 1 is 1.08 bits per heavy atom. The van der Waals surface area contributed by atoms with E-state index in [1.54, 1.807) is 0 Å². The van der Waals surface area contributed by atoms with Crippen molar-refractivity contribution < 1.29 is 5.21 Å². The highest BCUT2D eigenvalue weighted by molar-refractivity contribution is 5.85. The molecule has 0 amide bonds. The van der Waals surface area contributed by atoms with Gasteiger partial charge >= 0.3 is 0 Å². The van der Waals surface area contributed by atoms with Crippen LogP contribution in [0.25, 0.3) is 0 Å². The number of hydrogen-bond donors (Lipinski definition) is 3. The molecule has 5 heteroatoms. The molecule has 0 aromatic carbocycles. The van der Waals surface area contributed by atoms with Crippen LogP contribution in [0.3, 0.4) is 0 Å². The lowest BCUT2D eigenvalue weighted by Gasteiger charge is -2.19. The fraction of sp³-hybridized carbons (Fsp3) is 0.500. The van der Waals surface area contributed by atoms with Crippen LogP contribution in [-0.2, 0) is 0 Å². The molecule has 2 heterocycles. The van der Waals surface area contributed by atoms with Crippen LogP contribution in [0.2, 0.25) is 0 Å². The molecule has 1 aromatic heterocycles. The lowest BCUT2D eigenvalue weighted by Crippen LogP contribution is -2.41. The first-order valence-corrected chi connectivity index (χ1v) is 4.12. The summed E-state index contributed by atoms with van der Waals surface area (Å²) < 4.78 is 0. The molecule has 2 rings (SSSR count). The summed E-state index contributed by atoms with van der Waals surface area (Å²) in [6.07, 6.45) is 3.75. The Morgan fingerprint density at radius 2 is 1.62 bits per heavy atom. The summed E-state index contributed by atoms with van der Waals surface area (Å²) in [5.41, 5.74) is 0. The zero-order valence-corrected chi connectivity index (χ0v) is 8.26. The highest BCUT2D eigenvalue weighted by Gasteiger charge is 2.03. The summed E-state index contributed by atoms with van der Waals surface area (Å²) in [5, 5.41) is 13.1. The Balaban J connectivity index is 0.000000215. The van der Waals surface area contributed by atoms with Crippen molar-refractivity contribution in [2.45, 2.75) is 0 Å². The minimum absolute atomic E-state index is 0. The Hall–Kier alpha value is -0.550. The Labute approximate surface area is 84.3 Å². The summed E-state index contributed by atoms with van der Waals surface area (Å²) in [7, 11) is 0. The second kappa shape index (κ2) is 8.07. The van der Waals surface area contributed by atoms with Crippen LogP contribution in [-0.4, -0.2) is 41.4 Å². The number of aromatic amines is 1. The third-order valence-corrected chi connectivity index (χ3v) is 1.59. The van der Waals surface area contributed by atoms with Gasteiger partial charge in [-0.15, -0.1) is 12.4 Å². The minimum Gasteiger partial charge on any atom is -0.368 e. The van der Waals surface area contributed by atoms with E-state index in [0.29, 0.717) is 0 Å². The molecule has 0 spiro atoms. The van der Waals surface area contributed by atoms with Crippen LogP contribution in [0.5, 0.6) is 0 Å². The molecule has 1 aromatic rings. The van der Waals surface area contributed by atoms with Gasteiger partial charge in [-0.05, 0) is 12.1 Å². The van der Waals surface area contributed by atoms with E-state index in [0.717, 1.165) is 26.2 Å². The van der Waals surface area contributed by atoms with E-state index in [1.807, 2.05) is 24.5 Å². The first-order chi connectivity index (χ1) is 5.89. The summed E-state index contributed by atoms with van der Waals surface area (Å²) in [6, 6.07) is 3.89. The van der Waals surface area contributed by atoms with Crippen molar-refractivity contribution in [2.75, 3.05) is 26.2 Å². The minimum atomic E-state index is 0. The number of aromatic nitrogens is 1. The summed E-state index contributed by atoms with van der Waals surface area (Å²) >= 11 is 0. The van der Waals surface area contributed by atoms with Crippen LogP contribution < -0.4 is 5.32 Å². The second-order valence-corrected chi connectivity index (χ2v) is 2.59. The molecule has 1 aliphatic heterocycles. The van der Waals surface area contributed by atoms with Crippen molar-refractivity contribution in [1.29, 1.82) is 0 Å². The van der Waals surface area contributed by atoms with Gasteiger partial charge in [0.25, 0.3) is 0 Å². The fourth-order valence-corrected chi connectivity index (χ4v) is 0.931. The van der Waals surface area contributed by atoms with E-state index in [9.17, 15) is 0 Å². The highest BCUT2D eigenvalue weighted by Crippen LogP contribution is 1.82. The molecule has 76 valence electrons. The van der Waals surface area contributed by atoms with Crippen molar-refractivity contribution >= 4 is 12.4 Å². The lowest BCUT2D eigenvalue weighted by molar-refractivity contribution is -0.0976. The number of hydrogen-bond acceptors (Lipinski definition) is 3. The molecule has 0 radical (unpaired) electrons. The van der Waals surface area contributed by atoms with Gasteiger partial charge in [0.15, 0.2) is 0 Å². The Kier molecular flexibility index (Phi) is 7.73. The summed E-state index contributed by atoms with van der Waals surface area (Å²) in [6.45, 7) is 3.35. The van der Waals surface area contributed by atoms with Crippen LogP contribution in [0, 0.1) is 0 Å². The van der Waals surface area contributed by atoms with E-state index in [1.165, 1.54) is 5.06 Å². The van der Waals surface area contributed by atoms with Crippen LogP contribution in [0.4, 0.5) is 0 Å². The first-order valence-electron chi connectivity index (χ1n) is 4.12. The highest BCUT2D eigenvalue weighted by atomic mass is 35.5. The second-order valence-electron chi connectivity index (χ2n) is 2.59. The molecule has 0 bridgehead atoms. The molecule has 0 aliphatic carbocycles. The summed E-state index contributed by atoms with van der Waals surface area (Å²) in [5.74, 6) is 0. The fourth-order valence-electron chi connectivity index (χ4n) is 0.931. The van der Waals surface area contributed by atoms with Gasteiger partial charge in [0.2, 0.25) is 0 Å². The van der Waals surface area contributed by atoms with Crippen molar-refractivity contribution in [3.8, 4) is 0 Å². The largest absolute Gasteiger partial charge is 0.368 e. The molecule has 1 saturated heterocycles. The van der Waals surface area contributed by atoms with E-state index < -0.39 is 0 Å². The predicted octanol–water partition coefficient (Wildman–Crippen LogP) is 0.717. The third-order valence-electron chi connectivity index (χ3n) is 1.59. The van der Waals surface area contributed by atoms with Crippen molar-refractivity contribution in [3.63, 3.8) is 0 Å². The van der Waals surface area contributed by atoms with E-state index in [2.05, 4.69) is 10.3 Å². The topological polar surface area (TPSA) is 51.3 Å². The number of hydroxylamine groups is 2. The average Bonchev–Trinajstić information content (AvgIpc) is 2.62. The van der Waals surface area contributed by atoms with E-state index in [4.69, 9.17) is 5.21 Å². The maximum absolute atomic E-state index is 8.70. The molecule has 3 N–H and O–H groups in total. The Bertz CT molecular complexity index is 158. The SMILES string of the molecule is Cl.ON1CCNCC1.c1cc[nH]c1. The predicted molar refractivity (Wildman–Crippen MR) is 54.3 cm³/mol. The number of rotatable bonds is 0. The molecule has 1 fully saturated rings. The molecule has 13 heavy (non-hydrogen) atoms. The zero-order valence-electron chi connectivity index (χ0n) is 7.44. The van der Waals surface area contributed by atoms with Gasteiger partial charge in [-0.1, -0.05) is 0 Å². The van der Waals surface area contributed by atoms with E-state index >= 15 is 0 Å². The van der Waals surface area contributed by atoms with Crippen molar-refractivity contribution in [2.24, 2.45) is 0 Å². The standard InChI is InChI=1S/C4H10N2O.C4H5N.ClH/c7-6-3-1-5-2-4-6;1-2-4-5-3-1;/h5,7H,1-4H2;1-5H;1H.